The van der Waals surface area contributed by atoms with Crippen molar-refractivity contribution < 1.29 is 0 Å². The molecule has 0 aromatic heterocycles. The van der Waals surface area contributed by atoms with Crippen molar-refractivity contribution in [2.75, 3.05) is 0 Å². The van der Waals surface area contributed by atoms with Crippen LogP contribution < -0.4 is 5.19 Å². The molecule has 0 N–H and O–H groups in total. The zero-order valence-corrected chi connectivity index (χ0v) is 13.6. The fourth-order valence-electron chi connectivity index (χ4n) is 2.27. The summed E-state index contributed by atoms with van der Waals surface area (Å²) in [5.74, 6) is 2.67. The summed E-state index contributed by atoms with van der Waals surface area (Å²) >= 11 is 0. The van der Waals surface area contributed by atoms with E-state index in [2.05, 4.69) is 51.0 Å². The highest BCUT2D eigenvalue weighted by atomic mass is 28.2. The van der Waals surface area contributed by atoms with Crippen LogP contribution in [0.15, 0.2) is 24.3 Å². The van der Waals surface area contributed by atoms with Gasteiger partial charge in [-0.25, -0.2) is 0 Å². The molecule has 0 aliphatic heterocycles. The zero-order chi connectivity index (χ0) is 14.1. The molecule has 1 aromatic rings. The molecule has 0 saturated carbocycles. The second kappa shape index (κ2) is 8.22. The van der Waals surface area contributed by atoms with Crippen molar-refractivity contribution in [1.82, 2.24) is 0 Å². The van der Waals surface area contributed by atoms with E-state index in [1.165, 1.54) is 43.7 Å². The smallest absolute Gasteiger partial charge is 0.0871 e. The van der Waals surface area contributed by atoms with Gasteiger partial charge in [0.1, 0.15) is 0 Å². The lowest BCUT2D eigenvalue weighted by atomic mass is 10.0. The average molecular weight is 270 g/mol. The van der Waals surface area contributed by atoms with Gasteiger partial charge in [-0.15, -0.1) is 6.42 Å². The van der Waals surface area contributed by atoms with Crippen LogP contribution in [0.2, 0.25) is 5.04 Å². The highest BCUT2D eigenvalue weighted by molar-refractivity contribution is 6.56. The maximum Gasteiger partial charge on any atom is 0.0871 e. The Hall–Kier alpha value is -1.00. The minimum absolute atomic E-state index is 0.421. The van der Waals surface area contributed by atoms with Crippen LogP contribution in [0.25, 0.3) is 0 Å². The Morgan fingerprint density at radius 1 is 1.05 bits per heavy atom. The Kier molecular flexibility index (Phi) is 6.95. The molecule has 0 aliphatic rings. The molecular formula is C18H26Si. The molecular weight excluding hydrogens is 244 g/mol. The molecule has 0 nitrogen and oxygen atoms in total. The second-order valence-electron chi connectivity index (χ2n) is 5.89. The Balaban J connectivity index is 2.38. The molecule has 1 aromatic carbocycles. The molecule has 1 rings (SSSR count). The fraction of sp³-hybridized carbons (Fsp3) is 0.556. The molecule has 0 atom stereocenters. The summed E-state index contributed by atoms with van der Waals surface area (Å²) in [4.78, 5) is 0. The van der Waals surface area contributed by atoms with Crippen molar-refractivity contribution in [2.24, 2.45) is 0 Å². The van der Waals surface area contributed by atoms with Crippen LogP contribution in [0.1, 0.15) is 64.9 Å². The predicted octanol–water partition coefficient (Wildman–Crippen LogP) is 4.56. The summed E-state index contributed by atoms with van der Waals surface area (Å²) in [5.41, 5.74) is 0.978. The van der Waals surface area contributed by atoms with E-state index >= 15 is 0 Å². The second-order valence-corrected chi connectivity index (χ2v) is 8.08. The molecule has 0 amide bonds. The summed E-state index contributed by atoms with van der Waals surface area (Å²) in [6.07, 6.45) is 13.6. The fourth-order valence-corrected chi connectivity index (χ4v) is 3.69. The van der Waals surface area contributed by atoms with Crippen molar-refractivity contribution in [3.8, 4) is 12.3 Å². The van der Waals surface area contributed by atoms with Crippen LogP contribution in [0.3, 0.4) is 0 Å². The first kappa shape index (κ1) is 16.1. The molecule has 0 saturated heterocycles. The van der Waals surface area contributed by atoms with Crippen LogP contribution in [0.5, 0.6) is 0 Å². The highest BCUT2D eigenvalue weighted by Gasteiger charge is 2.19. The van der Waals surface area contributed by atoms with Crippen molar-refractivity contribution in [3.05, 3.63) is 29.8 Å². The Morgan fingerprint density at radius 2 is 1.68 bits per heavy atom. The summed E-state index contributed by atoms with van der Waals surface area (Å²) in [6, 6.07) is 8.48. The molecule has 102 valence electrons. The van der Waals surface area contributed by atoms with Crippen LogP contribution in [0, 0.1) is 12.3 Å². The van der Waals surface area contributed by atoms with Crippen molar-refractivity contribution in [3.63, 3.8) is 0 Å². The summed E-state index contributed by atoms with van der Waals surface area (Å²) < 4.78 is 0. The van der Waals surface area contributed by atoms with E-state index in [-0.39, 0.29) is 0 Å². The number of rotatable bonds is 8. The number of unbranched alkanes of at least 4 members (excludes halogenated alkanes) is 4. The summed E-state index contributed by atoms with van der Waals surface area (Å²) in [7, 11) is 0.873. The Morgan fingerprint density at radius 3 is 2.26 bits per heavy atom. The molecule has 19 heavy (non-hydrogen) atoms. The van der Waals surface area contributed by atoms with Crippen LogP contribution in [0.4, 0.5) is 0 Å². The van der Waals surface area contributed by atoms with E-state index in [4.69, 9.17) is 6.42 Å². The first-order chi connectivity index (χ1) is 9.07. The third-order valence-electron chi connectivity index (χ3n) is 3.44. The number of hydrogen-bond donors (Lipinski definition) is 0. The molecule has 0 spiro atoms. The van der Waals surface area contributed by atoms with Gasteiger partial charge in [0.25, 0.3) is 0 Å². The van der Waals surface area contributed by atoms with Gasteiger partial charge in [-0.05, 0) is 17.2 Å². The lowest BCUT2D eigenvalue weighted by Crippen LogP contribution is -2.25. The summed E-state index contributed by atoms with van der Waals surface area (Å²) in [5, 5.41) is 1.85. The third-order valence-corrected chi connectivity index (χ3v) is 4.99. The van der Waals surface area contributed by atoms with Crippen molar-refractivity contribution in [2.45, 2.75) is 64.3 Å². The molecule has 0 fully saturated rings. The lowest BCUT2D eigenvalue weighted by molar-refractivity contribution is 0.531. The van der Waals surface area contributed by atoms with E-state index in [1.807, 2.05) is 0 Å². The van der Waals surface area contributed by atoms with Crippen LogP contribution in [-0.4, -0.2) is 9.52 Å². The van der Waals surface area contributed by atoms with Gasteiger partial charge in [-0.3, -0.25) is 0 Å². The van der Waals surface area contributed by atoms with Gasteiger partial charge in [-0.2, -0.15) is 0 Å². The molecule has 0 bridgehead atoms. The van der Waals surface area contributed by atoms with Crippen molar-refractivity contribution in [1.29, 1.82) is 0 Å². The summed E-state index contributed by atoms with van der Waals surface area (Å²) in [6.45, 7) is 7.05. The Labute approximate surface area is 121 Å². The first-order valence-electron chi connectivity index (χ1n) is 7.42. The largest absolute Gasteiger partial charge is 0.115 e. The minimum atomic E-state index is 0.421. The van der Waals surface area contributed by atoms with Gasteiger partial charge in [-0.1, -0.05) is 82.5 Å². The lowest BCUT2D eigenvalue weighted by Gasteiger charge is -2.23. The van der Waals surface area contributed by atoms with Crippen LogP contribution >= 0.6 is 0 Å². The monoisotopic (exact) mass is 270 g/mol. The van der Waals surface area contributed by atoms with E-state index in [0.717, 1.165) is 15.1 Å². The molecule has 0 unspecified atom stereocenters. The molecule has 0 aliphatic carbocycles. The maximum absolute atomic E-state index is 5.39. The third kappa shape index (κ3) is 6.64. The first-order valence-corrected chi connectivity index (χ1v) is 8.42. The Bertz CT molecular complexity index is 395. The molecule has 1 heteroatoms. The number of hydrogen-bond acceptors (Lipinski definition) is 0. The maximum atomic E-state index is 5.39. The van der Waals surface area contributed by atoms with Gasteiger partial charge in [0, 0.05) is 5.56 Å². The van der Waals surface area contributed by atoms with E-state index < -0.39 is 0 Å². The number of terminal acetylenes is 1. The van der Waals surface area contributed by atoms with Gasteiger partial charge < -0.3 is 0 Å². The van der Waals surface area contributed by atoms with Gasteiger partial charge >= 0.3 is 0 Å². The van der Waals surface area contributed by atoms with Gasteiger partial charge in [0.05, 0.1) is 9.52 Å². The van der Waals surface area contributed by atoms with E-state index in [9.17, 15) is 0 Å². The topological polar surface area (TPSA) is 0 Å². The highest BCUT2D eigenvalue weighted by Crippen LogP contribution is 2.30. The van der Waals surface area contributed by atoms with Gasteiger partial charge in [0.15, 0.2) is 0 Å². The molecule has 2 radical (unpaired) electrons. The molecule has 0 heterocycles. The van der Waals surface area contributed by atoms with E-state index in [1.54, 1.807) is 0 Å². The predicted molar refractivity (Wildman–Crippen MR) is 87.2 cm³/mol. The zero-order valence-electron chi connectivity index (χ0n) is 12.6. The number of benzene rings is 1. The SMILES string of the molecule is C#Cc1ccc([Si]C(C)(C)CCCCCCC)cc1. The quantitative estimate of drug-likeness (QED) is 0.369. The van der Waals surface area contributed by atoms with E-state index in [0.29, 0.717) is 5.04 Å². The average Bonchev–Trinajstić information content (AvgIpc) is 2.39. The standard InChI is InChI=1S/C18H26Si/c1-5-7-8-9-10-15-18(3,4)19-17-13-11-16(6-2)12-14-17/h2,11-14H,5,7-10,15H2,1,3-4H3. The van der Waals surface area contributed by atoms with Crippen molar-refractivity contribution >= 4 is 14.7 Å². The van der Waals surface area contributed by atoms with Crippen LogP contribution in [-0.2, 0) is 0 Å². The van der Waals surface area contributed by atoms with Gasteiger partial charge in [0.2, 0.25) is 0 Å². The normalized spacial score (nSPS) is 11.3. The minimum Gasteiger partial charge on any atom is -0.115 e.